The molecule has 0 fully saturated rings. The Bertz CT molecular complexity index is 1520. The summed E-state index contributed by atoms with van der Waals surface area (Å²) < 4.78 is 1.62. The van der Waals surface area contributed by atoms with Crippen LogP contribution in [0.2, 0.25) is 10.0 Å². The van der Waals surface area contributed by atoms with Crippen LogP contribution in [0.4, 0.5) is 0 Å². The Morgan fingerprint density at radius 2 is 1.89 bits per heavy atom. The number of benzene rings is 2. The van der Waals surface area contributed by atoms with Gasteiger partial charge < -0.3 is 0 Å². The number of rotatable bonds is 6. The SMILES string of the molecule is Cc1ccc(-n2c(SCC(=O)N/N=C\c3c(Cl)cccc3Cl)nc3sc4c(c3c2=O)CCCC4)cc1. The number of aryl methyl sites for hydroxylation is 3. The summed E-state index contributed by atoms with van der Waals surface area (Å²) in [7, 11) is 0. The molecule has 0 atom stereocenters. The zero-order valence-electron chi connectivity index (χ0n) is 19.4. The highest BCUT2D eigenvalue weighted by atomic mass is 35.5. The number of carbonyl (C=O) groups is 1. The Morgan fingerprint density at radius 3 is 2.64 bits per heavy atom. The Balaban J connectivity index is 1.43. The molecule has 10 heteroatoms. The molecule has 2 aromatic carbocycles. The van der Waals surface area contributed by atoms with Crippen LogP contribution in [-0.4, -0.2) is 27.4 Å². The first-order valence-electron chi connectivity index (χ1n) is 11.5. The van der Waals surface area contributed by atoms with E-state index in [0.29, 0.717) is 26.2 Å². The van der Waals surface area contributed by atoms with E-state index in [2.05, 4.69) is 10.5 Å². The van der Waals surface area contributed by atoms with Gasteiger partial charge in [0, 0.05) is 10.4 Å². The van der Waals surface area contributed by atoms with Gasteiger partial charge in [-0.05, 0) is 62.4 Å². The molecule has 184 valence electrons. The van der Waals surface area contributed by atoms with Crippen LogP contribution in [0.25, 0.3) is 15.9 Å². The van der Waals surface area contributed by atoms with Gasteiger partial charge in [-0.25, -0.2) is 10.4 Å². The molecule has 1 N–H and O–H groups in total. The highest BCUT2D eigenvalue weighted by Crippen LogP contribution is 2.35. The maximum Gasteiger partial charge on any atom is 0.267 e. The summed E-state index contributed by atoms with van der Waals surface area (Å²) in [6.45, 7) is 2.00. The summed E-state index contributed by atoms with van der Waals surface area (Å²) in [6.07, 6.45) is 5.52. The van der Waals surface area contributed by atoms with Crippen LogP contribution in [0, 0.1) is 6.92 Å². The lowest BCUT2D eigenvalue weighted by atomic mass is 9.97. The molecule has 0 spiro atoms. The number of halogens is 2. The summed E-state index contributed by atoms with van der Waals surface area (Å²) in [5, 5.41) is 6.05. The highest BCUT2D eigenvalue weighted by molar-refractivity contribution is 7.99. The second-order valence-electron chi connectivity index (χ2n) is 8.48. The van der Waals surface area contributed by atoms with Gasteiger partial charge in [-0.2, -0.15) is 5.10 Å². The second kappa shape index (κ2) is 10.8. The van der Waals surface area contributed by atoms with Gasteiger partial charge in [0.25, 0.3) is 11.5 Å². The molecule has 0 bridgehead atoms. The molecule has 5 rings (SSSR count). The van der Waals surface area contributed by atoms with E-state index in [1.807, 2.05) is 31.2 Å². The summed E-state index contributed by atoms with van der Waals surface area (Å²) >= 11 is 15.1. The normalized spacial score (nSPS) is 13.3. The van der Waals surface area contributed by atoms with Crippen LogP contribution in [0.15, 0.2) is 57.5 Å². The molecule has 2 heterocycles. The summed E-state index contributed by atoms with van der Waals surface area (Å²) in [4.78, 5) is 33.2. The Morgan fingerprint density at radius 1 is 1.17 bits per heavy atom. The molecular formula is C26H22Cl2N4O2S2. The van der Waals surface area contributed by atoms with E-state index in [1.54, 1.807) is 34.1 Å². The monoisotopic (exact) mass is 556 g/mol. The molecule has 0 saturated heterocycles. The van der Waals surface area contributed by atoms with Crippen molar-refractivity contribution in [2.45, 2.75) is 37.8 Å². The molecule has 36 heavy (non-hydrogen) atoms. The van der Waals surface area contributed by atoms with Crippen LogP contribution >= 0.6 is 46.3 Å². The third kappa shape index (κ3) is 5.09. The number of amides is 1. The second-order valence-corrected chi connectivity index (χ2v) is 11.3. The van der Waals surface area contributed by atoms with E-state index in [1.165, 1.54) is 22.9 Å². The van der Waals surface area contributed by atoms with E-state index in [9.17, 15) is 9.59 Å². The lowest BCUT2D eigenvalue weighted by Crippen LogP contribution is -2.24. The van der Waals surface area contributed by atoms with Crippen molar-refractivity contribution in [3.05, 3.63) is 84.4 Å². The number of hydrazone groups is 1. The zero-order valence-corrected chi connectivity index (χ0v) is 22.5. The molecule has 0 aliphatic heterocycles. The molecule has 1 amide bonds. The van der Waals surface area contributed by atoms with Gasteiger partial charge in [-0.15, -0.1) is 11.3 Å². The molecule has 6 nitrogen and oxygen atoms in total. The van der Waals surface area contributed by atoms with Gasteiger partial charge >= 0.3 is 0 Å². The minimum Gasteiger partial charge on any atom is -0.272 e. The fourth-order valence-electron chi connectivity index (χ4n) is 4.17. The lowest BCUT2D eigenvalue weighted by molar-refractivity contribution is -0.118. The van der Waals surface area contributed by atoms with Gasteiger partial charge in [0.05, 0.1) is 33.1 Å². The van der Waals surface area contributed by atoms with Crippen molar-refractivity contribution in [1.29, 1.82) is 0 Å². The van der Waals surface area contributed by atoms with E-state index in [4.69, 9.17) is 28.2 Å². The fourth-order valence-corrected chi connectivity index (χ4v) is 6.77. The lowest BCUT2D eigenvalue weighted by Gasteiger charge is -2.13. The van der Waals surface area contributed by atoms with Gasteiger partial charge in [-0.3, -0.25) is 14.2 Å². The predicted octanol–water partition coefficient (Wildman–Crippen LogP) is 6.18. The Hall–Kier alpha value is -2.65. The summed E-state index contributed by atoms with van der Waals surface area (Å²) in [5.41, 5.74) is 5.90. The number of thiophene rings is 1. The molecule has 1 aliphatic carbocycles. The van der Waals surface area contributed by atoms with Crippen molar-refractivity contribution < 1.29 is 4.79 Å². The number of aromatic nitrogens is 2. The van der Waals surface area contributed by atoms with Gasteiger partial charge in [0.15, 0.2) is 5.16 Å². The third-order valence-corrected chi connectivity index (χ3v) is 8.75. The smallest absolute Gasteiger partial charge is 0.267 e. The van der Waals surface area contributed by atoms with E-state index < -0.39 is 0 Å². The maximum absolute atomic E-state index is 13.8. The molecular weight excluding hydrogens is 535 g/mol. The van der Waals surface area contributed by atoms with Crippen LogP contribution in [0.5, 0.6) is 0 Å². The van der Waals surface area contributed by atoms with E-state index in [0.717, 1.165) is 47.3 Å². The van der Waals surface area contributed by atoms with Crippen molar-refractivity contribution in [2.75, 3.05) is 5.75 Å². The number of nitrogens with one attached hydrogen (secondary N) is 1. The molecule has 0 unspecified atom stereocenters. The van der Waals surface area contributed by atoms with Crippen LogP contribution in [-0.2, 0) is 17.6 Å². The predicted molar refractivity (Wildman–Crippen MR) is 150 cm³/mol. The van der Waals surface area contributed by atoms with Crippen molar-refractivity contribution in [1.82, 2.24) is 15.0 Å². The van der Waals surface area contributed by atoms with Crippen molar-refractivity contribution in [3.63, 3.8) is 0 Å². The fraction of sp³-hybridized carbons (Fsp3) is 0.231. The average Bonchev–Trinajstić information content (AvgIpc) is 3.24. The average molecular weight is 558 g/mol. The molecule has 1 aliphatic rings. The van der Waals surface area contributed by atoms with Crippen LogP contribution in [0.3, 0.4) is 0 Å². The first kappa shape index (κ1) is 25.0. The summed E-state index contributed by atoms with van der Waals surface area (Å²) in [6, 6.07) is 12.9. The Labute approximate surface area is 226 Å². The van der Waals surface area contributed by atoms with Gasteiger partial charge in [0.1, 0.15) is 4.83 Å². The number of hydrogen-bond acceptors (Lipinski definition) is 6. The zero-order chi connectivity index (χ0) is 25.2. The maximum atomic E-state index is 13.8. The molecule has 2 aromatic heterocycles. The number of thioether (sulfide) groups is 1. The van der Waals surface area contributed by atoms with Gasteiger partial charge in [0.2, 0.25) is 0 Å². The van der Waals surface area contributed by atoms with Crippen LogP contribution in [0.1, 0.15) is 34.4 Å². The largest absolute Gasteiger partial charge is 0.272 e. The van der Waals surface area contributed by atoms with Gasteiger partial charge in [-0.1, -0.05) is 58.7 Å². The first-order valence-corrected chi connectivity index (χ1v) is 14.0. The highest BCUT2D eigenvalue weighted by Gasteiger charge is 2.23. The van der Waals surface area contributed by atoms with Crippen LogP contribution < -0.4 is 11.0 Å². The standard InChI is InChI=1S/C26H22Cl2N4O2S2/c1-15-9-11-16(12-10-15)32-25(34)23-17-5-2-3-8-21(17)36-24(23)30-26(32)35-14-22(33)31-29-13-18-19(27)6-4-7-20(18)28/h4,6-7,9-13H,2-3,5,8,14H2,1H3,(H,31,33)/b29-13-. The third-order valence-electron chi connectivity index (χ3n) is 5.97. The first-order chi connectivity index (χ1) is 17.4. The molecule has 0 radical (unpaired) electrons. The van der Waals surface area contributed by atoms with Crippen molar-refractivity contribution in [3.8, 4) is 5.69 Å². The van der Waals surface area contributed by atoms with Crippen molar-refractivity contribution in [2.24, 2.45) is 5.10 Å². The number of hydrogen-bond donors (Lipinski definition) is 1. The number of fused-ring (bicyclic) bond motifs is 3. The number of nitrogens with zero attached hydrogens (tertiary/aromatic N) is 3. The summed E-state index contributed by atoms with van der Waals surface area (Å²) in [5.74, 6) is -0.308. The minimum absolute atomic E-state index is 0.0302. The molecule has 4 aromatic rings. The number of carbonyl (C=O) groups excluding carboxylic acids is 1. The topological polar surface area (TPSA) is 76.3 Å². The Kier molecular flexibility index (Phi) is 7.48. The molecule has 0 saturated carbocycles. The quantitative estimate of drug-likeness (QED) is 0.133. The van der Waals surface area contributed by atoms with E-state index >= 15 is 0 Å². The minimum atomic E-state index is -0.338. The van der Waals surface area contributed by atoms with Crippen molar-refractivity contribution >= 4 is 68.6 Å². The van der Waals surface area contributed by atoms with E-state index in [-0.39, 0.29) is 17.2 Å².